The van der Waals surface area contributed by atoms with Crippen LogP contribution in [0.5, 0.6) is 0 Å². The van der Waals surface area contributed by atoms with Crippen LogP contribution in [0.3, 0.4) is 0 Å². The van der Waals surface area contributed by atoms with Crippen LogP contribution in [0.1, 0.15) is 34.6 Å². The molecule has 0 aromatic heterocycles. The molecule has 4 nitrogen and oxygen atoms in total. The summed E-state index contributed by atoms with van der Waals surface area (Å²) in [5, 5.41) is 0. The Kier molecular flexibility index (Phi) is 2.99. The van der Waals surface area contributed by atoms with Gasteiger partial charge in [-0.25, -0.2) is 4.79 Å². The molecular weight excluding hydrogens is 256 g/mol. The van der Waals surface area contributed by atoms with Gasteiger partial charge < -0.3 is 4.74 Å². The van der Waals surface area contributed by atoms with Crippen LogP contribution in [0.2, 0.25) is 0 Å². The zero-order valence-corrected chi connectivity index (χ0v) is 10.7. The summed E-state index contributed by atoms with van der Waals surface area (Å²) in [7, 11) is 0. The third-order valence-corrected chi connectivity index (χ3v) is 3.16. The van der Waals surface area contributed by atoms with Crippen molar-refractivity contribution >= 4 is 29.1 Å². The molecule has 0 unspecified atom stereocenters. The molecule has 0 aliphatic heterocycles. The molecule has 0 amide bonds. The molecular formula is C13H11ClO4. The molecule has 0 saturated heterocycles. The maximum Gasteiger partial charge on any atom is 0.343 e. The molecule has 0 spiro atoms. The molecule has 0 fully saturated rings. The number of carbonyl (C=O) groups excluding carboxylic acids is 3. The second kappa shape index (κ2) is 4.21. The molecule has 0 saturated carbocycles. The van der Waals surface area contributed by atoms with Gasteiger partial charge in [0.05, 0.1) is 6.10 Å². The number of ketones is 2. The molecule has 94 valence electrons. The van der Waals surface area contributed by atoms with E-state index in [0.717, 1.165) is 0 Å². The summed E-state index contributed by atoms with van der Waals surface area (Å²) < 4.78 is 4.90. The Hall–Kier alpha value is -1.68. The zero-order valence-electron chi connectivity index (χ0n) is 9.90. The van der Waals surface area contributed by atoms with Gasteiger partial charge in [-0.1, -0.05) is 35.9 Å². The summed E-state index contributed by atoms with van der Waals surface area (Å²) in [6.07, 6.45) is -0.447. The summed E-state index contributed by atoms with van der Waals surface area (Å²) in [5.74, 6) is -2.43. The van der Waals surface area contributed by atoms with Crippen LogP contribution < -0.4 is 0 Å². The van der Waals surface area contributed by atoms with E-state index in [1.54, 1.807) is 26.0 Å². The highest BCUT2D eigenvalue weighted by molar-refractivity contribution is 6.64. The molecule has 2 rings (SSSR count). The quantitative estimate of drug-likeness (QED) is 0.467. The maximum absolute atomic E-state index is 12.1. The molecule has 0 heterocycles. The van der Waals surface area contributed by atoms with Crippen molar-refractivity contribution in [1.29, 1.82) is 0 Å². The van der Waals surface area contributed by atoms with Crippen molar-refractivity contribution in [1.82, 2.24) is 0 Å². The number of ether oxygens (including phenoxy) is 1. The minimum absolute atomic E-state index is 0.165. The number of rotatable bonds is 2. The molecule has 0 radical (unpaired) electrons. The van der Waals surface area contributed by atoms with Crippen molar-refractivity contribution in [3.63, 3.8) is 0 Å². The number of hydrogen-bond donors (Lipinski definition) is 0. The van der Waals surface area contributed by atoms with Crippen LogP contribution in [0.4, 0.5) is 0 Å². The van der Waals surface area contributed by atoms with Crippen molar-refractivity contribution in [3.8, 4) is 0 Å². The normalized spacial score (nSPS) is 16.9. The lowest BCUT2D eigenvalue weighted by Crippen LogP contribution is -2.45. The number of carbonyl (C=O) groups is 3. The summed E-state index contributed by atoms with van der Waals surface area (Å²) in [6.45, 7) is 3.24. The molecule has 1 aromatic carbocycles. The number of halogens is 1. The Bertz CT molecular complexity index is 513. The number of benzene rings is 1. The summed E-state index contributed by atoms with van der Waals surface area (Å²) in [6, 6.07) is 6.17. The van der Waals surface area contributed by atoms with Crippen molar-refractivity contribution < 1.29 is 19.1 Å². The van der Waals surface area contributed by atoms with E-state index >= 15 is 0 Å². The monoisotopic (exact) mass is 266 g/mol. The van der Waals surface area contributed by atoms with Crippen LogP contribution in [-0.2, 0) is 9.53 Å². The SMILES string of the molecule is CC(C)OC(=O)C1(Cl)C(=O)c2ccccc2C1=O. The first-order valence-electron chi connectivity index (χ1n) is 5.47. The number of Topliss-reactive ketones (excluding diaryl/α,β-unsaturated/α-hetero) is 2. The zero-order chi connectivity index (χ0) is 13.5. The maximum atomic E-state index is 12.1. The second-order valence-corrected chi connectivity index (χ2v) is 4.88. The van der Waals surface area contributed by atoms with E-state index in [0.29, 0.717) is 0 Å². The molecule has 0 bridgehead atoms. The van der Waals surface area contributed by atoms with Gasteiger partial charge >= 0.3 is 5.97 Å². The van der Waals surface area contributed by atoms with E-state index in [2.05, 4.69) is 0 Å². The van der Waals surface area contributed by atoms with E-state index in [9.17, 15) is 14.4 Å². The van der Waals surface area contributed by atoms with Crippen LogP contribution in [0.25, 0.3) is 0 Å². The first-order valence-corrected chi connectivity index (χ1v) is 5.85. The Balaban J connectivity index is 2.47. The number of esters is 1. The molecule has 0 atom stereocenters. The van der Waals surface area contributed by atoms with Crippen molar-refractivity contribution in [2.45, 2.75) is 24.8 Å². The van der Waals surface area contributed by atoms with Gasteiger partial charge in [-0.3, -0.25) is 9.59 Å². The van der Waals surface area contributed by atoms with Crippen molar-refractivity contribution in [3.05, 3.63) is 35.4 Å². The summed E-state index contributed by atoms with van der Waals surface area (Å²) in [5.41, 5.74) is 0.330. The summed E-state index contributed by atoms with van der Waals surface area (Å²) >= 11 is 5.96. The Morgan fingerprint density at radius 2 is 1.61 bits per heavy atom. The molecule has 1 aromatic rings. The second-order valence-electron chi connectivity index (χ2n) is 4.32. The van der Waals surface area contributed by atoms with Gasteiger partial charge in [0, 0.05) is 11.1 Å². The Labute approximate surface area is 109 Å². The van der Waals surface area contributed by atoms with E-state index < -0.39 is 28.5 Å². The predicted molar refractivity (Wildman–Crippen MR) is 64.9 cm³/mol. The van der Waals surface area contributed by atoms with Crippen molar-refractivity contribution in [2.24, 2.45) is 0 Å². The van der Waals surface area contributed by atoms with Gasteiger partial charge in [0.2, 0.25) is 11.6 Å². The molecule has 1 aliphatic carbocycles. The smallest absolute Gasteiger partial charge is 0.343 e. The lowest BCUT2D eigenvalue weighted by molar-refractivity contribution is -0.147. The first-order chi connectivity index (χ1) is 8.39. The minimum Gasteiger partial charge on any atom is -0.461 e. The number of alkyl halides is 1. The van der Waals surface area contributed by atoms with E-state index in [-0.39, 0.29) is 11.1 Å². The van der Waals surface area contributed by atoms with Crippen molar-refractivity contribution in [2.75, 3.05) is 0 Å². The van der Waals surface area contributed by atoms with Gasteiger partial charge in [0.25, 0.3) is 4.87 Å². The van der Waals surface area contributed by atoms with Crippen LogP contribution in [0.15, 0.2) is 24.3 Å². The topological polar surface area (TPSA) is 60.4 Å². The third-order valence-electron chi connectivity index (χ3n) is 2.67. The van der Waals surface area contributed by atoms with E-state index in [1.807, 2.05) is 0 Å². The van der Waals surface area contributed by atoms with Gasteiger partial charge in [-0.15, -0.1) is 0 Å². The fourth-order valence-corrected chi connectivity index (χ4v) is 2.08. The van der Waals surface area contributed by atoms with Crippen LogP contribution >= 0.6 is 11.6 Å². The highest BCUT2D eigenvalue weighted by Gasteiger charge is 2.58. The van der Waals surface area contributed by atoms with E-state index in [4.69, 9.17) is 16.3 Å². The largest absolute Gasteiger partial charge is 0.461 e. The lowest BCUT2D eigenvalue weighted by Gasteiger charge is -2.17. The fraction of sp³-hybridized carbons (Fsp3) is 0.308. The number of fused-ring (bicyclic) bond motifs is 1. The van der Waals surface area contributed by atoms with Gasteiger partial charge in [0.15, 0.2) is 0 Å². The lowest BCUT2D eigenvalue weighted by atomic mass is 10.0. The molecule has 1 aliphatic rings. The van der Waals surface area contributed by atoms with Gasteiger partial charge in [0.1, 0.15) is 0 Å². The third kappa shape index (κ3) is 1.64. The van der Waals surface area contributed by atoms with Gasteiger partial charge in [-0.05, 0) is 13.8 Å². The minimum atomic E-state index is -2.26. The Morgan fingerprint density at radius 3 is 2.00 bits per heavy atom. The first kappa shape index (κ1) is 12.8. The van der Waals surface area contributed by atoms with Gasteiger partial charge in [-0.2, -0.15) is 0 Å². The highest BCUT2D eigenvalue weighted by atomic mass is 35.5. The summed E-state index contributed by atoms with van der Waals surface area (Å²) in [4.78, 5) is 33.8. The average molecular weight is 267 g/mol. The molecule has 18 heavy (non-hydrogen) atoms. The Morgan fingerprint density at radius 1 is 1.17 bits per heavy atom. The van der Waals surface area contributed by atoms with Crippen LogP contribution in [0, 0.1) is 0 Å². The predicted octanol–water partition coefficient (Wildman–Crippen LogP) is 1.99. The molecule has 0 N–H and O–H groups in total. The fourth-order valence-electron chi connectivity index (χ4n) is 1.83. The highest BCUT2D eigenvalue weighted by Crippen LogP contribution is 2.36. The standard InChI is InChI=1S/C13H11ClO4/c1-7(2)18-12(17)13(14)10(15)8-5-3-4-6-9(8)11(13)16/h3-7H,1-2H3. The average Bonchev–Trinajstić information content (AvgIpc) is 2.53. The number of hydrogen-bond acceptors (Lipinski definition) is 4. The van der Waals surface area contributed by atoms with E-state index in [1.165, 1.54) is 12.1 Å². The van der Waals surface area contributed by atoms with Crippen LogP contribution in [-0.4, -0.2) is 28.5 Å². The molecule has 5 heteroatoms.